The lowest BCUT2D eigenvalue weighted by Gasteiger charge is -2.00. The summed E-state index contributed by atoms with van der Waals surface area (Å²) in [5, 5.41) is 0.843. The van der Waals surface area contributed by atoms with Gasteiger partial charge in [0.2, 0.25) is 0 Å². The van der Waals surface area contributed by atoms with Gasteiger partial charge in [-0.15, -0.1) is 11.3 Å². The molecule has 0 unspecified atom stereocenters. The Balaban J connectivity index is 3.03. The zero-order chi connectivity index (χ0) is 9.42. The van der Waals surface area contributed by atoms with Crippen molar-refractivity contribution in [3.8, 4) is 0 Å². The van der Waals surface area contributed by atoms with Crippen LogP contribution in [0.1, 0.15) is 10.4 Å². The molecule has 1 aromatic heterocycles. The Kier molecular flexibility index (Phi) is 1.93. The van der Waals surface area contributed by atoms with Crippen molar-refractivity contribution >= 4 is 21.4 Å². The Hall–Kier alpha value is -1.15. The van der Waals surface area contributed by atoms with Gasteiger partial charge in [-0.25, -0.2) is 0 Å². The quantitative estimate of drug-likeness (QED) is 0.624. The van der Waals surface area contributed by atoms with E-state index < -0.39 is 0 Å². The highest BCUT2D eigenvalue weighted by Gasteiger charge is 2.03. The van der Waals surface area contributed by atoms with Crippen molar-refractivity contribution in [2.24, 2.45) is 0 Å². The van der Waals surface area contributed by atoms with Crippen LogP contribution in [0.15, 0.2) is 29.1 Å². The molecule has 0 bridgehead atoms. The van der Waals surface area contributed by atoms with Crippen LogP contribution in [-0.2, 0) is 0 Å². The van der Waals surface area contributed by atoms with Gasteiger partial charge in [-0.3, -0.25) is 4.79 Å². The molecule has 0 aliphatic carbocycles. The summed E-state index contributed by atoms with van der Waals surface area (Å²) in [6, 6.07) is 7.76. The number of benzene rings is 1. The zero-order valence-electron chi connectivity index (χ0n) is 7.63. The summed E-state index contributed by atoms with van der Waals surface area (Å²) in [5.74, 6) is 0. The second-order valence-electron chi connectivity index (χ2n) is 3.11. The minimum absolute atomic E-state index is 0.173. The Morgan fingerprint density at radius 2 is 1.85 bits per heavy atom. The van der Waals surface area contributed by atoms with Gasteiger partial charge < -0.3 is 0 Å². The first-order valence-electron chi connectivity index (χ1n) is 4.19. The summed E-state index contributed by atoms with van der Waals surface area (Å²) >= 11 is 1.68. The average molecular weight is 190 g/mol. The standard InChI is InChI=1S/C11H10OS/c1-7-8(2)13-10-6-4-3-5-9(10)11(7)12/h3-6H,1-2H3. The van der Waals surface area contributed by atoms with Gasteiger partial charge in [0.1, 0.15) is 0 Å². The second-order valence-corrected chi connectivity index (χ2v) is 4.36. The highest BCUT2D eigenvalue weighted by molar-refractivity contribution is 7.18. The minimum atomic E-state index is 0.173. The van der Waals surface area contributed by atoms with E-state index in [0.29, 0.717) is 0 Å². The minimum Gasteiger partial charge on any atom is -0.289 e. The van der Waals surface area contributed by atoms with Crippen molar-refractivity contribution < 1.29 is 0 Å². The highest BCUT2D eigenvalue weighted by Crippen LogP contribution is 2.20. The van der Waals surface area contributed by atoms with Crippen LogP contribution in [0.5, 0.6) is 0 Å². The third-order valence-corrected chi connectivity index (χ3v) is 3.45. The molecule has 0 saturated heterocycles. The predicted molar refractivity (Wildman–Crippen MR) is 57.6 cm³/mol. The molecule has 0 atom stereocenters. The third-order valence-electron chi connectivity index (χ3n) is 2.26. The van der Waals surface area contributed by atoms with Gasteiger partial charge >= 0.3 is 0 Å². The van der Waals surface area contributed by atoms with Crippen molar-refractivity contribution in [3.63, 3.8) is 0 Å². The fraction of sp³-hybridized carbons (Fsp3) is 0.182. The van der Waals surface area contributed by atoms with Crippen LogP contribution >= 0.6 is 11.3 Å². The van der Waals surface area contributed by atoms with Crippen molar-refractivity contribution in [2.75, 3.05) is 0 Å². The maximum Gasteiger partial charge on any atom is 0.191 e. The molecule has 1 nitrogen and oxygen atoms in total. The van der Waals surface area contributed by atoms with Gasteiger partial charge in [0.05, 0.1) is 0 Å². The van der Waals surface area contributed by atoms with E-state index in [9.17, 15) is 4.79 Å². The average Bonchev–Trinajstić information content (AvgIpc) is 2.15. The molecule has 2 aromatic rings. The van der Waals surface area contributed by atoms with E-state index in [1.807, 2.05) is 38.1 Å². The van der Waals surface area contributed by atoms with Crippen LogP contribution in [-0.4, -0.2) is 0 Å². The van der Waals surface area contributed by atoms with Gasteiger partial charge in [0, 0.05) is 20.5 Å². The molecule has 0 radical (unpaired) electrons. The van der Waals surface area contributed by atoms with E-state index >= 15 is 0 Å². The van der Waals surface area contributed by atoms with Crippen LogP contribution in [0, 0.1) is 13.8 Å². The molecule has 0 aliphatic heterocycles. The number of hydrogen-bond donors (Lipinski definition) is 0. The summed E-state index contributed by atoms with van der Waals surface area (Å²) in [6.45, 7) is 3.88. The lowest BCUT2D eigenvalue weighted by molar-refractivity contribution is 1.38. The van der Waals surface area contributed by atoms with Crippen LogP contribution in [0.4, 0.5) is 0 Å². The Morgan fingerprint density at radius 1 is 1.15 bits per heavy atom. The van der Waals surface area contributed by atoms with E-state index in [1.54, 1.807) is 11.3 Å². The first kappa shape index (κ1) is 8.45. The Morgan fingerprint density at radius 3 is 2.62 bits per heavy atom. The van der Waals surface area contributed by atoms with E-state index in [1.165, 1.54) is 0 Å². The van der Waals surface area contributed by atoms with Crippen molar-refractivity contribution in [3.05, 3.63) is 44.9 Å². The molecule has 13 heavy (non-hydrogen) atoms. The Bertz CT molecular complexity index is 511. The van der Waals surface area contributed by atoms with Crippen LogP contribution in [0.2, 0.25) is 0 Å². The monoisotopic (exact) mass is 190 g/mol. The maximum absolute atomic E-state index is 11.8. The van der Waals surface area contributed by atoms with Crippen molar-refractivity contribution in [1.82, 2.24) is 0 Å². The van der Waals surface area contributed by atoms with Crippen molar-refractivity contribution in [2.45, 2.75) is 13.8 Å². The molecule has 0 fully saturated rings. The van der Waals surface area contributed by atoms with Gasteiger partial charge in [-0.2, -0.15) is 0 Å². The summed E-state index contributed by atoms with van der Waals surface area (Å²) in [7, 11) is 0. The number of aryl methyl sites for hydroxylation is 1. The SMILES string of the molecule is Cc1sc2ccccc2c(=O)c1C. The summed E-state index contributed by atoms with van der Waals surface area (Å²) in [5.41, 5.74) is 1.05. The summed E-state index contributed by atoms with van der Waals surface area (Å²) < 4.78 is 1.08. The lowest BCUT2D eigenvalue weighted by Crippen LogP contribution is -2.05. The molecular weight excluding hydrogens is 180 g/mol. The molecule has 0 N–H and O–H groups in total. The fourth-order valence-electron chi connectivity index (χ4n) is 1.35. The van der Waals surface area contributed by atoms with Gasteiger partial charge in [0.15, 0.2) is 5.43 Å². The second kappa shape index (κ2) is 2.96. The van der Waals surface area contributed by atoms with E-state index in [4.69, 9.17) is 0 Å². The number of rotatable bonds is 0. The largest absolute Gasteiger partial charge is 0.289 e. The van der Waals surface area contributed by atoms with Gasteiger partial charge in [-0.1, -0.05) is 12.1 Å². The van der Waals surface area contributed by atoms with E-state index in [0.717, 1.165) is 20.5 Å². The zero-order valence-corrected chi connectivity index (χ0v) is 8.44. The Labute approximate surface area is 80.7 Å². The molecule has 0 saturated carbocycles. The van der Waals surface area contributed by atoms with Crippen LogP contribution in [0.25, 0.3) is 10.1 Å². The van der Waals surface area contributed by atoms with E-state index in [-0.39, 0.29) is 5.43 Å². The summed E-state index contributed by atoms with van der Waals surface area (Å²) in [4.78, 5) is 12.9. The lowest BCUT2D eigenvalue weighted by atomic mass is 10.2. The van der Waals surface area contributed by atoms with Gasteiger partial charge in [0.25, 0.3) is 0 Å². The molecule has 0 aliphatic rings. The van der Waals surface area contributed by atoms with Crippen LogP contribution < -0.4 is 5.43 Å². The first-order chi connectivity index (χ1) is 6.20. The molecule has 0 amide bonds. The molecule has 2 rings (SSSR count). The highest BCUT2D eigenvalue weighted by atomic mass is 32.1. The first-order valence-corrected chi connectivity index (χ1v) is 5.01. The molecule has 2 heteroatoms. The smallest absolute Gasteiger partial charge is 0.191 e. The maximum atomic E-state index is 11.8. The van der Waals surface area contributed by atoms with Crippen molar-refractivity contribution in [1.29, 1.82) is 0 Å². The normalized spacial score (nSPS) is 10.6. The van der Waals surface area contributed by atoms with Gasteiger partial charge in [-0.05, 0) is 26.0 Å². The topological polar surface area (TPSA) is 17.1 Å². The number of fused-ring (bicyclic) bond motifs is 1. The summed E-state index contributed by atoms with van der Waals surface area (Å²) in [6.07, 6.45) is 0. The number of hydrogen-bond acceptors (Lipinski definition) is 2. The molecular formula is C11H10OS. The molecule has 66 valence electrons. The fourth-order valence-corrected chi connectivity index (χ4v) is 2.34. The third kappa shape index (κ3) is 1.27. The molecule has 1 heterocycles. The molecule has 1 aromatic carbocycles. The van der Waals surface area contributed by atoms with E-state index in [2.05, 4.69) is 0 Å². The predicted octanol–water partition coefficient (Wildman–Crippen LogP) is 2.88. The molecule has 0 spiro atoms. The van der Waals surface area contributed by atoms with Crippen LogP contribution in [0.3, 0.4) is 0 Å².